The normalized spacial score (nSPS) is 40.5. The van der Waals surface area contributed by atoms with Crippen LogP contribution in [0.4, 0.5) is 0 Å². The highest BCUT2D eigenvalue weighted by atomic mass is 35.5. The number of rotatable bonds is 5. The van der Waals surface area contributed by atoms with Crippen molar-refractivity contribution >= 4 is 28.4 Å². The van der Waals surface area contributed by atoms with E-state index in [1.54, 1.807) is 0 Å². The van der Waals surface area contributed by atoms with E-state index in [0.29, 0.717) is 23.3 Å². The number of piperidine rings is 2. The molecule has 1 aromatic carbocycles. The van der Waals surface area contributed by atoms with Crippen LogP contribution in [0.15, 0.2) is 18.3 Å². The van der Waals surface area contributed by atoms with Crippen molar-refractivity contribution in [2.45, 2.75) is 82.1 Å². The number of amides is 1. The van der Waals surface area contributed by atoms with Gasteiger partial charge in [0.05, 0.1) is 16.7 Å². The Labute approximate surface area is 187 Å². The van der Waals surface area contributed by atoms with E-state index in [9.17, 15) is 9.90 Å². The molecule has 0 spiro atoms. The quantitative estimate of drug-likeness (QED) is 0.713. The van der Waals surface area contributed by atoms with Gasteiger partial charge in [-0.15, -0.1) is 0 Å². The Balaban J connectivity index is 1.16. The van der Waals surface area contributed by atoms with Crippen molar-refractivity contribution < 1.29 is 14.6 Å². The predicted molar refractivity (Wildman–Crippen MR) is 118 cm³/mol. The molecule has 5 nitrogen and oxygen atoms in total. The summed E-state index contributed by atoms with van der Waals surface area (Å²) in [5, 5.41) is 12.8. The molecule has 1 aromatic heterocycles. The fourth-order valence-electron chi connectivity index (χ4n) is 7.84. The number of fused-ring (bicyclic) bond motifs is 1. The van der Waals surface area contributed by atoms with Crippen molar-refractivity contribution in [3.8, 4) is 5.75 Å². The minimum atomic E-state index is -0.516. The van der Waals surface area contributed by atoms with Crippen LogP contribution in [0.5, 0.6) is 5.75 Å². The zero-order chi connectivity index (χ0) is 21.3. The molecule has 0 radical (unpaired) electrons. The molecule has 31 heavy (non-hydrogen) atoms. The lowest BCUT2D eigenvalue weighted by Crippen LogP contribution is -2.61. The van der Waals surface area contributed by atoms with Crippen LogP contribution in [0.25, 0.3) is 10.9 Å². The Morgan fingerprint density at radius 1 is 1.35 bits per heavy atom. The van der Waals surface area contributed by atoms with Crippen molar-refractivity contribution in [2.24, 2.45) is 17.3 Å². The minimum Gasteiger partial charge on any atom is -0.488 e. The molecule has 164 valence electrons. The highest BCUT2D eigenvalue weighted by molar-refractivity contribution is 6.33. The Kier molecular flexibility index (Phi) is 3.52. The monoisotopic (exact) mass is 440 g/mol. The fourth-order valence-corrected chi connectivity index (χ4v) is 8.05. The number of H-pyrrole nitrogens is 1. The van der Waals surface area contributed by atoms with Crippen molar-refractivity contribution in [1.29, 1.82) is 0 Å². The molecule has 7 atom stereocenters. The van der Waals surface area contributed by atoms with Gasteiger partial charge in [0.15, 0.2) is 0 Å². The maximum Gasteiger partial charge on any atom is 0.223 e. The smallest absolute Gasteiger partial charge is 0.223 e. The summed E-state index contributed by atoms with van der Waals surface area (Å²) in [7, 11) is 0. The average Bonchev–Trinajstić information content (AvgIpc) is 3.59. The second-order valence-corrected chi connectivity index (χ2v) is 11.7. The van der Waals surface area contributed by atoms with Gasteiger partial charge in [-0.2, -0.15) is 0 Å². The molecule has 2 aliphatic heterocycles. The maximum atomic E-state index is 13.5. The van der Waals surface area contributed by atoms with Crippen LogP contribution in [0.2, 0.25) is 5.02 Å². The molecule has 2 N–H and O–H groups in total. The summed E-state index contributed by atoms with van der Waals surface area (Å²) in [5.41, 5.74) is 1.82. The van der Waals surface area contributed by atoms with Crippen LogP contribution >= 0.6 is 11.6 Å². The first kappa shape index (κ1) is 18.8. The van der Waals surface area contributed by atoms with Crippen LogP contribution in [-0.4, -0.2) is 44.7 Å². The summed E-state index contributed by atoms with van der Waals surface area (Å²) in [6.45, 7) is 4.46. The maximum absolute atomic E-state index is 13.5. The molecule has 4 bridgehead atoms. The molecular weight excluding hydrogens is 412 g/mol. The van der Waals surface area contributed by atoms with E-state index in [0.717, 1.165) is 54.3 Å². The van der Waals surface area contributed by atoms with E-state index in [1.165, 1.54) is 0 Å². The predicted octanol–water partition coefficient (Wildman–Crippen LogP) is 4.62. The molecule has 1 amide bonds. The summed E-state index contributed by atoms with van der Waals surface area (Å²) in [6, 6.07) is 4.34. The third-order valence-corrected chi connectivity index (χ3v) is 9.31. The Bertz CT molecular complexity index is 1100. The lowest BCUT2D eigenvalue weighted by atomic mass is 9.65. The molecule has 7 unspecified atom stereocenters. The Morgan fingerprint density at radius 2 is 2.16 bits per heavy atom. The largest absolute Gasteiger partial charge is 0.488 e. The lowest BCUT2D eigenvalue weighted by molar-refractivity contribution is -0.155. The number of aromatic amines is 1. The van der Waals surface area contributed by atoms with Crippen LogP contribution < -0.4 is 4.74 Å². The molecular formula is C25H29ClN2O3. The Morgan fingerprint density at radius 3 is 2.90 bits per heavy atom. The number of nitrogens with zero attached hydrogens (tertiary/aromatic N) is 1. The number of benzene rings is 1. The van der Waals surface area contributed by atoms with Gasteiger partial charge >= 0.3 is 0 Å². The number of aliphatic hydroxyl groups is 1. The third-order valence-electron chi connectivity index (χ3n) is 9.01. The summed E-state index contributed by atoms with van der Waals surface area (Å²) in [4.78, 5) is 19.0. The van der Waals surface area contributed by atoms with Gasteiger partial charge in [-0.25, -0.2) is 0 Å². The topological polar surface area (TPSA) is 65.6 Å². The number of aromatic nitrogens is 1. The van der Waals surface area contributed by atoms with Crippen molar-refractivity contribution in [1.82, 2.24) is 9.88 Å². The average molecular weight is 441 g/mol. The molecule has 3 heterocycles. The number of ether oxygens (including phenoxy) is 1. The zero-order valence-corrected chi connectivity index (χ0v) is 18.8. The number of carbonyl (C=O) groups excluding carboxylic acids is 1. The lowest BCUT2D eigenvalue weighted by Gasteiger charge is -2.54. The van der Waals surface area contributed by atoms with E-state index in [2.05, 4.69) is 23.7 Å². The molecule has 8 rings (SSSR count). The van der Waals surface area contributed by atoms with Gasteiger partial charge in [-0.3, -0.25) is 4.79 Å². The molecule has 6 fully saturated rings. The Hall–Kier alpha value is -1.72. The zero-order valence-electron chi connectivity index (χ0n) is 18.0. The number of carbonyl (C=O) groups is 1. The first-order valence-electron chi connectivity index (χ1n) is 11.8. The first-order chi connectivity index (χ1) is 14.8. The number of nitrogens with one attached hydrogen (secondary N) is 1. The van der Waals surface area contributed by atoms with Gasteiger partial charge in [-0.1, -0.05) is 25.4 Å². The first-order valence-corrected chi connectivity index (χ1v) is 12.2. The summed E-state index contributed by atoms with van der Waals surface area (Å²) in [5.74, 6) is 1.86. The molecule has 2 aromatic rings. The van der Waals surface area contributed by atoms with Crippen LogP contribution in [0.1, 0.15) is 63.9 Å². The van der Waals surface area contributed by atoms with E-state index < -0.39 is 5.60 Å². The van der Waals surface area contributed by atoms with Crippen molar-refractivity contribution in [3.63, 3.8) is 0 Å². The molecule has 6 aliphatic rings. The van der Waals surface area contributed by atoms with Crippen LogP contribution in [0.3, 0.4) is 0 Å². The van der Waals surface area contributed by atoms with Crippen LogP contribution in [-0.2, 0) is 4.79 Å². The van der Waals surface area contributed by atoms with Gasteiger partial charge in [0, 0.05) is 41.5 Å². The van der Waals surface area contributed by atoms with E-state index in [1.807, 2.05) is 18.3 Å². The van der Waals surface area contributed by atoms with Crippen molar-refractivity contribution in [3.05, 3.63) is 28.9 Å². The van der Waals surface area contributed by atoms with Gasteiger partial charge in [0.25, 0.3) is 0 Å². The fraction of sp³-hybridized carbons (Fsp3) is 0.640. The third kappa shape index (κ3) is 2.45. The highest BCUT2D eigenvalue weighted by Gasteiger charge is 2.81. The van der Waals surface area contributed by atoms with Gasteiger partial charge in [-0.05, 0) is 67.1 Å². The summed E-state index contributed by atoms with van der Waals surface area (Å²) >= 11 is 6.51. The second-order valence-electron chi connectivity index (χ2n) is 11.3. The van der Waals surface area contributed by atoms with Crippen LogP contribution in [0, 0.1) is 17.3 Å². The van der Waals surface area contributed by atoms with Gasteiger partial charge < -0.3 is 19.7 Å². The second kappa shape index (κ2) is 5.79. The minimum absolute atomic E-state index is 0.0622. The summed E-state index contributed by atoms with van der Waals surface area (Å²) in [6.07, 6.45) is 7.65. The van der Waals surface area contributed by atoms with Crippen molar-refractivity contribution in [2.75, 3.05) is 0 Å². The van der Waals surface area contributed by atoms with Gasteiger partial charge in [0.2, 0.25) is 5.91 Å². The molecule has 2 saturated heterocycles. The summed E-state index contributed by atoms with van der Waals surface area (Å²) < 4.78 is 6.17. The van der Waals surface area contributed by atoms with E-state index in [-0.39, 0.29) is 35.4 Å². The SMILES string of the molecule is CC(CC(=O)N1C2CC3(C)CC(O)(C2)C2C1C23)c1c[nH]c2ccc(Cl)c(OC3CC3)c12. The number of hydrogen-bond acceptors (Lipinski definition) is 3. The molecule has 4 saturated carbocycles. The van der Waals surface area contributed by atoms with E-state index >= 15 is 0 Å². The standard InChI is InChI=1S/C25H29ClN2O3/c1-12(15-10-27-17-6-5-16(26)23(19(15)17)31-14-3-4-14)7-18(29)28-13-8-24(2)11-25(30,9-13)21-20(24)22(21)28/h5-6,10,12-14,20-22,27,30H,3-4,7-9,11H2,1-2H3. The molecule has 6 heteroatoms. The number of halogens is 1. The number of hydrogen-bond donors (Lipinski definition) is 2. The molecule has 4 aliphatic carbocycles. The van der Waals surface area contributed by atoms with Gasteiger partial charge in [0.1, 0.15) is 5.75 Å². The highest BCUT2D eigenvalue weighted by Crippen LogP contribution is 2.77. The van der Waals surface area contributed by atoms with E-state index in [4.69, 9.17) is 16.3 Å².